The highest BCUT2D eigenvalue weighted by Gasteiger charge is 2.13. The van der Waals surface area contributed by atoms with Crippen molar-refractivity contribution in [3.63, 3.8) is 0 Å². The molecule has 1 atom stereocenters. The SMILES string of the molecule is COc1ccc(Br)c(CC(O)c2cscn2)c1. The lowest BCUT2D eigenvalue weighted by atomic mass is 10.1. The lowest BCUT2D eigenvalue weighted by Crippen LogP contribution is -2.03. The fourth-order valence-corrected chi connectivity index (χ4v) is 2.54. The highest BCUT2D eigenvalue weighted by Crippen LogP contribution is 2.27. The number of rotatable bonds is 4. The van der Waals surface area contributed by atoms with Gasteiger partial charge in [-0.1, -0.05) is 15.9 Å². The molecule has 3 nitrogen and oxygen atoms in total. The first-order valence-corrected chi connectivity index (χ1v) is 6.83. The van der Waals surface area contributed by atoms with Crippen molar-refractivity contribution in [2.24, 2.45) is 0 Å². The first-order valence-electron chi connectivity index (χ1n) is 5.09. The normalized spacial score (nSPS) is 12.4. The molecule has 1 aromatic heterocycles. The molecule has 0 aliphatic heterocycles. The van der Waals surface area contributed by atoms with Crippen LogP contribution in [-0.4, -0.2) is 17.2 Å². The number of aliphatic hydroxyl groups is 1. The number of benzene rings is 1. The van der Waals surface area contributed by atoms with Crippen LogP contribution in [0.2, 0.25) is 0 Å². The molecule has 0 spiro atoms. The van der Waals surface area contributed by atoms with E-state index in [4.69, 9.17) is 4.74 Å². The molecular formula is C12H12BrNO2S. The van der Waals surface area contributed by atoms with E-state index in [9.17, 15) is 5.11 Å². The molecule has 5 heteroatoms. The fraction of sp³-hybridized carbons (Fsp3) is 0.250. The molecule has 1 N–H and O–H groups in total. The van der Waals surface area contributed by atoms with E-state index in [0.717, 1.165) is 15.8 Å². The molecule has 1 heterocycles. The maximum Gasteiger partial charge on any atom is 0.119 e. The predicted octanol–water partition coefficient (Wildman–Crippen LogP) is 3.19. The molecule has 0 saturated heterocycles. The molecule has 1 unspecified atom stereocenters. The third-order valence-electron chi connectivity index (χ3n) is 2.46. The zero-order chi connectivity index (χ0) is 12.3. The second-order valence-electron chi connectivity index (χ2n) is 3.59. The Hall–Kier alpha value is -0.910. The van der Waals surface area contributed by atoms with Gasteiger partial charge in [-0.05, 0) is 23.8 Å². The first kappa shape index (κ1) is 12.5. The Morgan fingerprint density at radius 1 is 1.53 bits per heavy atom. The summed E-state index contributed by atoms with van der Waals surface area (Å²) in [5, 5.41) is 11.9. The summed E-state index contributed by atoms with van der Waals surface area (Å²) in [6, 6.07) is 5.71. The minimum atomic E-state index is -0.579. The average molecular weight is 314 g/mol. The maximum atomic E-state index is 10.0. The summed E-state index contributed by atoms with van der Waals surface area (Å²) >= 11 is 4.95. The number of halogens is 1. The van der Waals surface area contributed by atoms with Crippen LogP contribution in [0.1, 0.15) is 17.4 Å². The Bertz CT molecular complexity index is 487. The molecule has 90 valence electrons. The summed E-state index contributed by atoms with van der Waals surface area (Å²) in [5.74, 6) is 0.786. The molecular weight excluding hydrogens is 302 g/mol. The van der Waals surface area contributed by atoms with Gasteiger partial charge in [-0.3, -0.25) is 0 Å². The van der Waals surface area contributed by atoms with Crippen LogP contribution in [0.4, 0.5) is 0 Å². The van der Waals surface area contributed by atoms with Crippen LogP contribution in [0, 0.1) is 0 Å². The lowest BCUT2D eigenvalue weighted by Gasteiger charge is -2.11. The van der Waals surface area contributed by atoms with Gasteiger partial charge in [0.15, 0.2) is 0 Å². The molecule has 0 fully saturated rings. The molecule has 2 aromatic rings. The zero-order valence-electron chi connectivity index (χ0n) is 9.26. The Morgan fingerprint density at radius 3 is 3.00 bits per heavy atom. The Morgan fingerprint density at radius 2 is 2.35 bits per heavy atom. The third kappa shape index (κ3) is 3.06. The number of aromatic nitrogens is 1. The summed E-state index contributed by atoms with van der Waals surface area (Å²) in [7, 11) is 1.63. The second kappa shape index (κ2) is 5.62. The first-order chi connectivity index (χ1) is 8.20. The van der Waals surface area contributed by atoms with Crippen molar-refractivity contribution in [1.29, 1.82) is 0 Å². The van der Waals surface area contributed by atoms with E-state index in [-0.39, 0.29) is 0 Å². The van der Waals surface area contributed by atoms with Gasteiger partial charge in [-0.15, -0.1) is 11.3 Å². The van der Waals surface area contributed by atoms with Crippen molar-refractivity contribution in [2.75, 3.05) is 7.11 Å². The van der Waals surface area contributed by atoms with Crippen LogP contribution < -0.4 is 4.74 Å². The number of hydrogen-bond acceptors (Lipinski definition) is 4. The van der Waals surface area contributed by atoms with E-state index < -0.39 is 6.10 Å². The quantitative estimate of drug-likeness (QED) is 0.942. The Labute approximate surface area is 112 Å². The summed E-state index contributed by atoms with van der Waals surface area (Å²) in [6.07, 6.45) is -0.0636. The van der Waals surface area contributed by atoms with E-state index in [2.05, 4.69) is 20.9 Å². The third-order valence-corrected chi connectivity index (χ3v) is 3.84. The molecule has 0 aliphatic rings. The van der Waals surface area contributed by atoms with Gasteiger partial charge in [0.2, 0.25) is 0 Å². The van der Waals surface area contributed by atoms with Crippen molar-refractivity contribution in [3.8, 4) is 5.75 Å². The van der Waals surface area contributed by atoms with Gasteiger partial charge in [0.1, 0.15) is 11.9 Å². The van der Waals surface area contributed by atoms with Crippen LogP contribution in [0.25, 0.3) is 0 Å². The largest absolute Gasteiger partial charge is 0.497 e. The average Bonchev–Trinajstić information content (AvgIpc) is 2.85. The molecule has 17 heavy (non-hydrogen) atoms. The van der Waals surface area contributed by atoms with Gasteiger partial charge in [0, 0.05) is 16.3 Å². The monoisotopic (exact) mass is 313 g/mol. The predicted molar refractivity (Wildman–Crippen MR) is 71.5 cm³/mol. The van der Waals surface area contributed by atoms with Crippen molar-refractivity contribution >= 4 is 27.3 Å². The summed E-state index contributed by atoms with van der Waals surface area (Å²) in [6.45, 7) is 0. The van der Waals surface area contributed by atoms with E-state index in [1.807, 2.05) is 23.6 Å². The van der Waals surface area contributed by atoms with Crippen molar-refractivity contribution < 1.29 is 9.84 Å². The molecule has 0 bridgehead atoms. The molecule has 0 saturated carbocycles. The van der Waals surface area contributed by atoms with Crippen LogP contribution in [-0.2, 0) is 6.42 Å². The minimum Gasteiger partial charge on any atom is -0.497 e. The smallest absolute Gasteiger partial charge is 0.119 e. The van der Waals surface area contributed by atoms with Crippen LogP contribution in [0.3, 0.4) is 0 Å². The maximum absolute atomic E-state index is 10.0. The highest BCUT2D eigenvalue weighted by atomic mass is 79.9. The van der Waals surface area contributed by atoms with Crippen LogP contribution in [0.5, 0.6) is 5.75 Å². The van der Waals surface area contributed by atoms with Gasteiger partial charge in [0.25, 0.3) is 0 Å². The van der Waals surface area contributed by atoms with Gasteiger partial charge in [-0.25, -0.2) is 4.98 Å². The molecule has 1 aromatic carbocycles. The van der Waals surface area contributed by atoms with Crippen LogP contribution in [0.15, 0.2) is 33.6 Å². The summed E-state index contributed by atoms with van der Waals surface area (Å²) in [4.78, 5) is 4.11. The van der Waals surface area contributed by atoms with Gasteiger partial charge >= 0.3 is 0 Å². The lowest BCUT2D eigenvalue weighted by molar-refractivity contribution is 0.174. The molecule has 0 amide bonds. The number of hydrogen-bond donors (Lipinski definition) is 1. The fourth-order valence-electron chi connectivity index (χ4n) is 1.53. The Balaban J connectivity index is 2.18. The number of nitrogens with zero attached hydrogens (tertiary/aromatic N) is 1. The molecule has 0 radical (unpaired) electrons. The topological polar surface area (TPSA) is 42.4 Å². The number of ether oxygens (including phenoxy) is 1. The second-order valence-corrected chi connectivity index (χ2v) is 5.16. The number of methoxy groups -OCH3 is 1. The van der Waals surface area contributed by atoms with Crippen molar-refractivity contribution in [3.05, 3.63) is 44.8 Å². The Kier molecular flexibility index (Phi) is 4.15. The van der Waals surface area contributed by atoms with Crippen molar-refractivity contribution in [1.82, 2.24) is 4.98 Å². The summed E-state index contributed by atoms with van der Waals surface area (Å²) < 4.78 is 6.13. The number of aliphatic hydroxyl groups excluding tert-OH is 1. The van der Waals surface area contributed by atoms with Gasteiger partial charge in [0.05, 0.1) is 18.3 Å². The summed E-state index contributed by atoms with van der Waals surface area (Å²) in [5.41, 5.74) is 3.44. The van der Waals surface area contributed by atoms with Gasteiger partial charge in [-0.2, -0.15) is 0 Å². The van der Waals surface area contributed by atoms with E-state index >= 15 is 0 Å². The highest BCUT2D eigenvalue weighted by molar-refractivity contribution is 9.10. The molecule has 2 rings (SSSR count). The van der Waals surface area contributed by atoms with Gasteiger partial charge < -0.3 is 9.84 Å². The number of thiazole rings is 1. The van der Waals surface area contributed by atoms with E-state index in [0.29, 0.717) is 12.1 Å². The molecule has 0 aliphatic carbocycles. The van der Waals surface area contributed by atoms with Crippen LogP contribution >= 0.6 is 27.3 Å². The standard InChI is InChI=1S/C12H12BrNO2S/c1-16-9-2-3-10(13)8(4-9)5-12(15)11-6-17-7-14-11/h2-4,6-7,12,15H,5H2,1H3. The van der Waals surface area contributed by atoms with E-state index in [1.54, 1.807) is 12.6 Å². The van der Waals surface area contributed by atoms with E-state index in [1.165, 1.54) is 11.3 Å². The van der Waals surface area contributed by atoms with Crippen molar-refractivity contribution in [2.45, 2.75) is 12.5 Å². The minimum absolute atomic E-state index is 0.515. The zero-order valence-corrected chi connectivity index (χ0v) is 11.7.